The van der Waals surface area contributed by atoms with Crippen LogP contribution in [0.1, 0.15) is 31.9 Å². The molecule has 4 rings (SSSR count). The van der Waals surface area contributed by atoms with Gasteiger partial charge < -0.3 is 19.1 Å². The molecule has 0 N–H and O–H groups in total. The van der Waals surface area contributed by atoms with Gasteiger partial charge in [-0.15, -0.1) is 0 Å². The van der Waals surface area contributed by atoms with E-state index in [1.165, 1.54) is 0 Å². The lowest BCUT2D eigenvalue weighted by molar-refractivity contribution is -0.132. The highest BCUT2D eigenvalue weighted by Gasteiger charge is 2.22. The number of amides is 1. The minimum absolute atomic E-state index is 0.203. The van der Waals surface area contributed by atoms with Crippen molar-refractivity contribution in [1.82, 2.24) is 19.8 Å². The molecule has 0 aliphatic carbocycles. The number of anilines is 1. The lowest BCUT2D eigenvalue weighted by Gasteiger charge is -2.34. The largest absolute Gasteiger partial charge is 0.467 e. The van der Waals surface area contributed by atoms with Crippen LogP contribution in [0, 0.1) is 0 Å². The molecule has 1 aliphatic heterocycles. The van der Waals surface area contributed by atoms with Crippen molar-refractivity contribution in [1.29, 1.82) is 0 Å². The van der Waals surface area contributed by atoms with Crippen LogP contribution in [0.4, 0.5) is 5.82 Å². The van der Waals surface area contributed by atoms with Gasteiger partial charge in [0, 0.05) is 51.0 Å². The summed E-state index contributed by atoms with van der Waals surface area (Å²) in [4.78, 5) is 29.0. The van der Waals surface area contributed by atoms with Gasteiger partial charge in [-0.05, 0) is 30.8 Å². The van der Waals surface area contributed by atoms with Gasteiger partial charge in [0.1, 0.15) is 17.4 Å². The average molecular weight is 422 g/mol. The standard InChI is InChI=1S/C24H31N5O2/c1-3-22-25-21-10-6-5-9-20(21)24(26-22)29(18-19-8-7-17-31-19)12-11-23(30)28-15-13-27(4-2)14-16-28/h5-10,17H,3-4,11-16,18H2,1-2H3. The number of piperazine rings is 1. The van der Waals surface area contributed by atoms with E-state index in [0.29, 0.717) is 19.5 Å². The Morgan fingerprint density at radius 2 is 1.87 bits per heavy atom. The number of fused-ring (bicyclic) bond motifs is 1. The number of rotatable bonds is 8. The van der Waals surface area contributed by atoms with Crippen LogP contribution in [0.15, 0.2) is 47.1 Å². The summed E-state index contributed by atoms with van der Waals surface area (Å²) in [5.74, 6) is 2.72. The van der Waals surface area contributed by atoms with Crippen LogP contribution in [0.5, 0.6) is 0 Å². The van der Waals surface area contributed by atoms with Crippen molar-refractivity contribution >= 4 is 22.6 Å². The minimum Gasteiger partial charge on any atom is -0.467 e. The van der Waals surface area contributed by atoms with Crippen LogP contribution in [0.25, 0.3) is 10.9 Å². The molecule has 2 aromatic heterocycles. The Bertz CT molecular complexity index is 996. The quantitative estimate of drug-likeness (QED) is 0.556. The maximum absolute atomic E-state index is 12.9. The number of aryl methyl sites for hydroxylation is 1. The molecule has 0 saturated carbocycles. The predicted molar refractivity (Wildman–Crippen MR) is 122 cm³/mol. The summed E-state index contributed by atoms with van der Waals surface area (Å²) in [6, 6.07) is 11.9. The fourth-order valence-electron chi connectivity index (χ4n) is 4.06. The van der Waals surface area contributed by atoms with Gasteiger partial charge in [-0.25, -0.2) is 9.97 Å². The molecule has 164 valence electrons. The zero-order chi connectivity index (χ0) is 21.6. The first kappa shape index (κ1) is 21.3. The molecule has 1 fully saturated rings. The van der Waals surface area contributed by atoms with Gasteiger partial charge in [-0.3, -0.25) is 4.79 Å². The highest BCUT2D eigenvalue weighted by atomic mass is 16.3. The van der Waals surface area contributed by atoms with Gasteiger partial charge in [0.25, 0.3) is 0 Å². The smallest absolute Gasteiger partial charge is 0.224 e. The Hall–Kier alpha value is -2.93. The van der Waals surface area contributed by atoms with Crippen molar-refractivity contribution in [2.75, 3.05) is 44.2 Å². The number of benzene rings is 1. The molecular formula is C24H31N5O2. The molecule has 0 radical (unpaired) electrons. The number of carbonyl (C=O) groups is 1. The van der Waals surface area contributed by atoms with Gasteiger partial charge in [0.15, 0.2) is 0 Å². The number of nitrogens with zero attached hydrogens (tertiary/aromatic N) is 5. The van der Waals surface area contributed by atoms with Gasteiger partial charge in [0.05, 0.1) is 18.3 Å². The summed E-state index contributed by atoms with van der Waals surface area (Å²) in [5, 5.41) is 0.996. The highest BCUT2D eigenvalue weighted by Crippen LogP contribution is 2.26. The summed E-state index contributed by atoms with van der Waals surface area (Å²) >= 11 is 0. The van der Waals surface area contributed by atoms with Crippen molar-refractivity contribution in [3.05, 3.63) is 54.2 Å². The second kappa shape index (κ2) is 9.92. The molecule has 1 amide bonds. The Labute approximate surface area is 183 Å². The van der Waals surface area contributed by atoms with Gasteiger partial charge in [0.2, 0.25) is 5.91 Å². The predicted octanol–water partition coefficient (Wildman–Crippen LogP) is 3.35. The first-order chi connectivity index (χ1) is 15.2. The van der Waals surface area contributed by atoms with Crippen molar-refractivity contribution in [2.45, 2.75) is 33.2 Å². The van der Waals surface area contributed by atoms with Gasteiger partial charge in [-0.1, -0.05) is 26.0 Å². The van der Waals surface area contributed by atoms with E-state index in [9.17, 15) is 4.79 Å². The lowest BCUT2D eigenvalue weighted by atomic mass is 10.2. The molecule has 1 saturated heterocycles. The van der Waals surface area contributed by atoms with E-state index >= 15 is 0 Å². The molecule has 0 bridgehead atoms. The molecule has 0 unspecified atom stereocenters. The fourth-order valence-corrected chi connectivity index (χ4v) is 4.06. The van der Waals surface area contributed by atoms with Crippen molar-refractivity contribution in [2.24, 2.45) is 0 Å². The average Bonchev–Trinajstić information content (AvgIpc) is 3.34. The van der Waals surface area contributed by atoms with Crippen LogP contribution in [-0.4, -0.2) is 64.9 Å². The van der Waals surface area contributed by atoms with Crippen molar-refractivity contribution in [3.8, 4) is 0 Å². The Balaban J connectivity index is 1.56. The number of para-hydroxylation sites is 1. The van der Waals surface area contributed by atoms with E-state index in [2.05, 4.69) is 28.6 Å². The Morgan fingerprint density at radius 3 is 2.58 bits per heavy atom. The third-order valence-electron chi connectivity index (χ3n) is 5.94. The Kier molecular flexibility index (Phi) is 6.82. The van der Waals surface area contributed by atoms with E-state index in [0.717, 1.165) is 67.5 Å². The number of likely N-dealkylation sites (N-methyl/N-ethyl adjacent to an activating group) is 1. The monoisotopic (exact) mass is 421 g/mol. The van der Waals surface area contributed by atoms with Gasteiger partial charge in [-0.2, -0.15) is 0 Å². The van der Waals surface area contributed by atoms with Crippen molar-refractivity contribution in [3.63, 3.8) is 0 Å². The van der Waals surface area contributed by atoms with E-state index in [1.54, 1.807) is 6.26 Å². The van der Waals surface area contributed by atoms with Crippen LogP contribution >= 0.6 is 0 Å². The maximum atomic E-state index is 12.9. The topological polar surface area (TPSA) is 65.7 Å². The molecule has 1 aromatic carbocycles. The SMILES string of the molecule is CCc1nc(N(CCC(=O)N2CCN(CC)CC2)Cc2ccco2)c2ccccc2n1. The van der Waals surface area contributed by atoms with E-state index in [-0.39, 0.29) is 5.91 Å². The number of hydrogen-bond acceptors (Lipinski definition) is 6. The molecule has 31 heavy (non-hydrogen) atoms. The molecule has 3 heterocycles. The second-order valence-corrected chi connectivity index (χ2v) is 7.90. The van der Waals surface area contributed by atoms with Crippen molar-refractivity contribution < 1.29 is 9.21 Å². The highest BCUT2D eigenvalue weighted by molar-refractivity contribution is 5.89. The molecule has 0 spiro atoms. The molecule has 3 aromatic rings. The zero-order valence-electron chi connectivity index (χ0n) is 18.5. The van der Waals surface area contributed by atoms with E-state index < -0.39 is 0 Å². The lowest BCUT2D eigenvalue weighted by Crippen LogP contribution is -2.49. The molecule has 7 nitrogen and oxygen atoms in total. The maximum Gasteiger partial charge on any atom is 0.224 e. The van der Waals surface area contributed by atoms with Crippen LogP contribution < -0.4 is 4.90 Å². The summed E-state index contributed by atoms with van der Waals surface area (Å²) in [6.45, 7) is 9.93. The van der Waals surface area contributed by atoms with Crippen LogP contribution in [-0.2, 0) is 17.8 Å². The van der Waals surface area contributed by atoms with E-state index in [4.69, 9.17) is 9.40 Å². The summed E-state index contributed by atoms with van der Waals surface area (Å²) in [7, 11) is 0. The third kappa shape index (κ3) is 5.05. The second-order valence-electron chi connectivity index (χ2n) is 7.90. The number of carbonyl (C=O) groups excluding carboxylic acids is 1. The number of hydrogen-bond donors (Lipinski definition) is 0. The first-order valence-corrected chi connectivity index (χ1v) is 11.2. The summed E-state index contributed by atoms with van der Waals surface area (Å²) < 4.78 is 5.62. The number of aromatic nitrogens is 2. The third-order valence-corrected chi connectivity index (χ3v) is 5.94. The minimum atomic E-state index is 0.203. The van der Waals surface area contributed by atoms with Crippen LogP contribution in [0.3, 0.4) is 0 Å². The normalized spacial score (nSPS) is 14.8. The molecule has 7 heteroatoms. The fraction of sp³-hybridized carbons (Fsp3) is 0.458. The Morgan fingerprint density at radius 1 is 1.06 bits per heavy atom. The summed E-state index contributed by atoms with van der Waals surface area (Å²) in [5.41, 5.74) is 0.927. The summed E-state index contributed by atoms with van der Waals surface area (Å²) in [6.07, 6.45) is 2.89. The number of furan rings is 1. The molecular weight excluding hydrogens is 390 g/mol. The van der Waals surface area contributed by atoms with E-state index in [1.807, 2.05) is 41.3 Å². The van der Waals surface area contributed by atoms with Gasteiger partial charge >= 0.3 is 0 Å². The molecule has 0 atom stereocenters. The zero-order valence-corrected chi connectivity index (χ0v) is 18.5. The van der Waals surface area contributed by atoms with Crippen LogP contribution in [0.2, 0.25) is 0 Å². The first-order valence-electron chi connectivity index (χ1n) is 11.2. The molecule has 1 aliphatic rings.